The molecule has 1 aromatic carbocycles. The van der Waals surface area contributed by atoms with E-state index in [4.69, 9.17) is 37.8 Å². The fourth-order valence-electron chi connectivity index (χ4n) is 2.78. The first-order valence-electron chi connectivity index (χ1n) is 9.63. The molecule has 2 unspecified atom stereocenters. The van der Waals surface area contributed by atoms with Crippen LogP contribution in [0.15, 0.2) is 35.7 Å². The lowest BCUT2D eigenvalue weighted by atomic mass is 10.1. The average molecular weight is 531 g/mol. The Morgan fingerprint density at radius 1 is 1.12 bits per heavy atom. The largest absolute Gasteiger partial charge is 0.481 e. The van der Waals surface area contributed by atoms with Gasteiger partial charge in [-0.15, -0.1) is 11.3 Å². The van der Waals surface area contributed by atoms with E-state index in [9.17, 15) is 24.0 Å². The topological polar surface area (TPSA) is 139 Å². The van der Waals surface area contributed by atoms with Crippen molar-refractivity contribution in [3.8, 4) is 0 Å². The molecule has 0 bridgehead atoms. The van der Waals surface area contributed by atoms with Crippen molar-refractivity contribution < 1.29 is 38.6 Å². The summed E-state index contributed by atoms with van der Waals surface area (Å²) in [7, 11) is 1.14. The number of esters is 1. The molecule has 2 rings (SSSR count). The number of nitrogens with one attached hydrogen (secondary N) is 1. The lowest BCUT2D eigenvalue weighted by Crippen LogP contribution is -2.53. The Kier molecular flexibility index (Phi) is 9.84. The highest BCUT2D eigenvalue weighted by molar-refractivity contribution is 7.14. The zero-order valence-corrected chi connectivity index (χ0v) is 20.3. The van der Waals surface area contributed by atoms with Crippen LogP contribution in [0.5, 0.6) is 0 Å². The van der Waals surface area contributed by atoms with Crippen LogP contribution in [0.4, 0.5) is 9.80 Å². The molecule has 0 saturated heterocycles. The average Bonchev–Trinajstić information content (AvgIpc) is 3.30. The maximum absolute atomic E-state index is 12.8. The van der Waals surface area contributed by atoms with Crippen LogP contribution in [0.25, 0.3) is 0 Å². The standard InChI is InChI=1S/C21H20Cl2N2O8S/c1-11(25(21(31)32-2)16-7-4-8-34-16)19(29)24-14(9-17(27)28)15(26)10-33-20(30)18-12(22)5-3-6-13(18)23/h3-8,11,14H,9-10H2,1-2H3,(H,24,29)(H,27,28). The number of anilines is 1. The number of benzene rings is 1. The molecule has 0 saturated carbocycles. The second-order valence-corrected chi connectivity index (χ2v) is 8.51. The fourth-order valence-corrected chi connectivity index (χ4v) is 4.13. The van der Waals surface area contributed by atoms with E-state index in [-0.39, 0.29) is 15.6 Å². The first-order chi connectivity index (χ1) is 16.1. The molecule has 0 aliphatic carbocycles. The molecule has 0 fully saturated rings. The molecule has 0 aliphatic rings. The Balaban J connectivity index is 2.12. The highest BCUT2D eigenvalue weighted by Crippen LogP contribution is 2.26. The summed E-state index contributed by atoms with van der Waals surface area (Å²) >= 11 is 13.0. The summed E-state index contributed by atoms with van der Waals surface area (Å²) in [6, 6.07) is 4.88. The number of halogens is 2. The van der Waals surface area contributed by atoms with Crippen molar-refractivity contribution in [3.63, 3.8) is 0 Å². The summed E-state index contributed by atoms with van der Waals surface area (Å²) in [4.78, 5) is 62.2. The van der Waals surface area contributed by atoms with Crippen molar-refractivity contribution in [1.29, 1.82) is 0 Å². The minimum Gasteiger partial charge on any atom is -0.481 e. The number of Topliss-reactive ketones (excluding diaryl/α,β-unsaturated/α-hetero) is 1. The Morgan fingerprint density at radius 3 is 2.29 bits per heavy atom. The van der Waals surface area contributed by atoms with Gasteiger partial charge in [0.2, 0.25) is 5.91 Å². The SMILES string of the molecule is COC(=O)N(c1cccs1)C(C)C(=O)NC(CC(=O)O)C(=O)COC(=O)c1c(Cl)cccc1Cl. The normalized spacial score (nSPS) is 12.2. The third kappa shape index (κ3) is 6.92. The van der Waals surface area contributed by atoms with Crippen LogP contribution in [0.1, 0.15) is 23.7 Å². The van der Waals surface area contributed by atoms with Crippen molar-refractivity contribution in [1.82, 2.24) is 5.32 Å². The Hall–Kier alpha value is -3.15. The smallest absolute Gasteiger partial charge is 0.415 e. The summed E-state index contributed by atoms with van der Waals surface area (Å²) in [5, 5.41) is 13.6. The molecule has 34 heavy (non-hydrogen) atoms. The van der Waals surface area contributed by atoms with Crippen LogP contribution in [0, 0.1) is 0 Å². The van der Waals surface area contributed by atoms with Gasteiger partial charge in [0, 0.05) is 0 Å². The van der Waals surface area contributed by atoms with Crippen molar-refractivity contribution in [2.24, 2.45) is 0 Å². The molecule has 2 N–H and O–H groups in total. The number of amides is 2. The van der Waals surface area contributed by atoms with Crippen LogP contribution in [0.2, 0.25) is 10.0 Å². The van der Waals surface area contributed by atoms with Gasteiger partial charge >= 0.3 is 18.0 Å². The molecule has 1 aromatic heterocycles. The third-order valence-electron chi connectivity index (χ3n) is 4.48. The highest BCUT2D eigenvalue weighted by Gasteiger charge is 2.33. The van der Waals surface area contributed by atoms with Gasteiger partial charge in [-0.3, -0.25) is 19.3 Å². The van der Waals surface area contributed by atoms with Gasteiger partial charge in [-0.2, -0.15) is 0 Å². The molecule has 2 aromatic rings. The monoisotopic (exact) mass is 530 g/mol. The predicted molar refractivity (Wildman–Crippen MR) is 125 cm³/mol. The van der Waals surface area contributed by atoms with Crippen LogP contribution >= 0.6 is 34.5 Å². The molecular weight excluding hydrogens is 511 g/mol. The van der Waals surface area contributed by atoms with Gasteiger partial charge in [0.05, 0.1) is 29.1 Å². The summed E-state index contributed by atoms with van der Waals surface area (Å²) in [6.45, 7) is 0.534. The van der Waals surface area contributed by atoms with E-state index in [1.807, 2.05) is 0 Å². The first-order valence-corrected chi connectivity index (χ1v) is 11.3. The van der Waals surface area contributed by atoms with Gasteiger partial charge in [-0.05, 0) is 36.6 Å². The van der Waals surface area contributed by atoms with E-state index in [1.165, 1.54) is 36.5 Å². The summed E-state index contributed by atoms with van der Waals surface area (Å²) < 4.78 is 9.66. The number of carboxylic acid groups (broad SMARTS) is 1. The minimum atomic E-state index is -1.54. The predicted octanol–water partition coefficient (Wildman–Crippen LogP) is 3.40. The number of hydrogen-bond acceptors (Lipinski definition) is 8. The molecule has 1 heterocycles. The Labute approximate surface area is 208 Å². The maximum Gasteiger partial charge on any atom is 0.415 e. The number of carbonyl (C=O) groups excluding carboxylic acids is 4. The van der Waals surface area contributed by atoms with Gasteiger partial charge in [-0.1, -0.05) is 29.3 Å². The number of methoxy groups -OCH3 is 1. The van der Waals surface area contributed by atoms with E-state index in [0.29, 0.717) is 5.00 Å². The van der Waals surface area contributed by atoms with Crippen LogP contribution in [-0.4, -0.2) is 60.6 Å². The number of ketones is 1. The van der Waals surface area contributed by atoms with Crippen LogP contribution in [-0.2, 0) is 23.9 Å². The molecule has 2 atom stereocenters. The number of aliphatic carboxylic acids is 1. The summed E-state index contributed by atoms with van der Waals surface area (Å²) in [6.07, 6.45) is -1.60. The molecule has 0 radical (unpaired) electrons. The number of carboxylic acids is 1. The van der Waals surface area contributed by atoms with E-state index in [0.717, 1.165) is 12.0 Å². The number of rotatable bonds is 10. The summed E-state index contributed by atoms with van der Waals surface area (Å²) in [5.41, 5.74) is -0.157. The molecule has 182 valence electrons. The number of carbonyl (C=O) groups is 5. The van der Waals surface area contributed by atoms with Crippen molar-refractivity contribution in [3.05, 3.63) is 51.3 Å². The number of thiophene rings is 1. The zero-order chi connectivity index (χ0) is 25.4. The number of ether oxygens (including phenoxy) is 2. The van der Waals surface area contributed by atoms with Gasteiger partial charge in [0.1, 0.15) is 17.1 Å². The number of nitrogens with zero attached hydrogens (tertiary/aromatic N) is 1. The fraction of sp³-hybridized carbons (Fsp3) is 0.286. The summed E-state index contributed by atoms with van der Waals surface area (Å²) in [5.74, 6) is -4.08. The van der Waals surface area contributed by atoms with E-state index >= 15 is 0 Å². The van der Waals surface area contributed by atoms with Gasteiger partial charge in [-0.25, -0.2) is 9.59 Å². The Bertz CT molecular complexity index is 1060. The third-order valence-corrected chi connectivity index (χ3v) is 5.98. The maximum atomic E-state index is 12.8. The van der Waals surface area contributed by atoms with Crippen LogP contribution in [0.3, 0.4) is 0 Å². The number of hydrogen-bond donors (Lipinski definition) is 2. The minimum absolute atomic E-state index is 0.00522. The van der Waals surface area contributed by atoms with E-state index in [1.54, 1.807) is 17.5 Å². The molecule has 0 spiro atoms. The second kappa shape index (κ2) is 12.4. The zero-order valence-electron chi connectivity index (χ0n) is 17.9. The first kappa shape index (κ1) is 27.1. The quantitative estimate of drug-likeness (QED) is 0.445. The molecule has 13 heteroatoms. The molecule has 2 amide bonds. The molecule has 10 nitrogen and oxygen atoms in total. The van der Waals surface area contributed by atoms with Crippen molar-refractivity contribution in [2.45, 2.75) is 25.4 Å². The Morgan fingerprint density at radius 2 is 1.76 bits per heavy atom. The van der Waals surface area contributed by atoms with E-state index in [2.05, 4.69) is 5.32 Å². The van der Waals surface area contributed by atoms with Gasteiger partial charge in [0.15, 0.2) is 12.4 Å². The van der Waals surface area contributed by atoms with Gasteiger partial charge in [0.25, 0.3) is 0 Å². The molecular formula is C21H20Cl2N2O8S. The van der Waals surface area contributed by atoms with Crippen molar-refractivity contribution >= 4 is 69.3 Å². The van der Waals surface area contributed by atoms with Gasteiger partial charge < -0.3 is 19.9 Å². The highest BCUT2D eigenvalue weighted by atomic mass is 35.5. The lowest BCUT2D eigenvalue weighted by molar-refractivity contribution is -0.140. The molecule has 0 aliphatic heterocycles. The second-order valence-electron chi connectivity index (χ2n) is 6.77. The van der Waals surface area contributed by atoms with Crippen LogP contribution < -0.4 is 10.2 Å². The van der Waals surface area contributed by atoms with Crippen molar-refractivity contribution in [2.75, 3.05) is 18.6 Å². The lowest BCUT2D eigenvalue weighted by Gasteiger charge is -2.27. The van der Waals surface area contributed by atoms with E-state index < -0.39 is 54.8 Å².